The molecule has 1 aromatic carbocycles. The van der Waals surface area contributed by atoms with Crippen LogP contribution in [0.5, 0.6) is 0 Å². The van der Waals surface area contributed by atoms with Gasteiger partial charge in [-0.05, 0) is 24.0 Å². The fourth-order valence-corrected chi connectivity index (χ4v) is 1.86. The van der Waals surface area contributed by atoms with Crippen LogP contribution in [-0.4, -0.2) is 17.3 Å². The van der Waals surface area contributed by atoms with Gasteiger partial charge in [0.1, 0.15) is 0 Å². The minimum atomic E-state index is -0.731. The predicted octanol–water partition coefficient (Wildman–Crippen LogP) is 2.42. The number of aliphatic carboxylic acids is 1. The van der Waals surface area contributed by atoms with Crippen LogP contribution in [0.3, 0.4) is 0 Å². The second kappa shape index (κ2) is 4.26. The van der Waals surface area contributed by atoms with Gasteiger partial charge in [-0.15, -0.1) is 0 Å². The molecule has 15 heavy (non-hydrogen) atoms. The molecule has 3 heteroatoms. The molecule has 1 unspecified atom stereocenters. The number of hydrogen-bond donors (Lipinski definition) is 1. The van der Waals surface area contributed by atoms with Gasteiger partial charge in [0, 0.05) is 12.6 Å². The van der Waals surface area contributed by atoms with E-state index in [1.54, 1.807) is 0 Å². The van der Waals surface area contributed by atoms with E-state index in [-0.39, 0.29) is 12.5 Å². The first kappa shape index (κ1) is 9.90. The highest BCUT2D eigenvalue weighted by Gasteiger charge is 2.17. The highest BCUT2D eigenvalue weighted by Crippen LogP contribution is 2.30. The molecule has 0 aliphatic carbocycles. The molecule has 78 valence electrons. The number of aliphatic imine (C=N–C) groups is 1. The molecular weight excluding hydrogens is 190 g/mol. The van der Waals surface area contributed by atoms with Gasteiger partial charge in [0.25, 0.3) is 0 Å². The van der Waals surface area contributed by atoms with Crippen LogP contribution in [-0.2, 0) is 4.79 Å². The van der Waals surface area contributed by atoms with Crippen LogP contribution >= 0.6 is 0 Å². The maximum Gasteiger partial charge on any atom is 0.303 e. The molecule has 3 nitrogen and oxygen atoms in total. The van der Waals surface area contributed by atoms with E-state index in [1.807, 2.05) is 24.4 Å². The standard InChI is InChI=1S/C12H13NO2/c14-12(15)7-3-6-11-10-5-2-1-4-9(10)8-13-11/h1-2,4-5,8,11H,3,6-7H2,(H,14,15). The fourth-order valence-electron chi connectivity index (χ4n) is 1.86. The van der Waals surface area contributed by atoms with Gasteiger partial charge in [-0.1, -0.05) is 24.3 Å². The molecule has 1 heterocycles. The molecule has 2 rings (SSSR count). The molecule has 0 spiro atoms. The summed E-state index contributed by atoms with van der Waals surface area (Å²) >= 11 is 0. The molecule has 0 saturated carbocycles. The zero-order valence-corrected chi connectivity index (χ0v) is 8.39. The molecule has 1 atom stereocenters. The number of hydrogen-bond acceptors (Lipinski definition) is 2. The van der Waals surface area contributed by atoms with Gasteiger partial charge in [0.2, 0.25) is 0 Å². The molecule has 0 fully saturated rings. The molecule has 1 aliphatic heterocycles. The van der Waals surface area contributed by atoms with Crippen molar-refractivity contribution in [1.29, 1.82) is 0 Å². The lowest BCUT2D eigenvalue weighted by molar-refractivity contribution is -0.137. The van der Waals surface area contributed by atoms with Gasteiger partial charge in [0.15, 0.2) is 0 Å². The first-order valence-corrected chi connectivity index (χ1v) is 5.11. The van der Waals surface area contributed by atoms with Gasteiger partial charge in [-0.25, -0.2) is 0 Å². The molecule has 1 aliphatic rings. The van der Waals surface area contributed by atoms with Crippen molar-refractivity contribution in [3.05, 3.63) is 35.4 Å². The number of carboxylic acids is 1. The summed E-state index contributed by atoms with van der Waals surface area (Å²) in [5.74, 6) is -0.731. The van der Waals surface area contributed by atoms with E-state index in [2.05, 4.69) is 11.1 Å². The number of carboxylic acid groups (broad SMARTS) is 1. The first-order chi connectivity index (χ1) is 7.27. The highest BCUT2D eigenvalue weighted by molar-refractivity contribution is 5.85. The second-order valence-electron chi connectivity index (χ2n) is 3.71. The molecule has 0 radical (unpaired) electrons. The maximum atomic E-state index is 10.4. The number of rotatable bonds is 4. The largest absolute Gasteiger partial charge is 0.481 e. The van der Waals surface area contributed by atoms with Crippen molar-refractivity contribution in [2.45, 2.75) is 25.3 Å². The number of benzene rings is 1. The van der Waals surface area contributed by atoms with E-state index in [4.69, 9.17) is 5.11 Å². The van der Waals surface area contributed by atoms with Crippen molar-refractivity contribution in [2.75, 3.05) is 0 Å². The lowest BCUT2D eigenvalue weighted by Crippen LogP contribution is -1.97. The summed E-state index contributed by atoms with van der Waals surface area (Å²) < 4.78 is 0. The number of fused-ring (bicyclic) bond motifs is 1. The average molecular weight is 203 g/mol. The molecule has 1 N–H and O–H groups in total. The van der Waals surface area contributed by atoms with E-state index in [0.29, 0.717) is 6.42 Å². The Morgan fingerprint density at radius 2 is 2.20 bits per heavy atom. The minimum absolute atomic E-state index is 0.167. The van der Waals surface area contributed by atoms with Crippen molar-refractivity contribution < 1.29 is 9.90 Å². The van der Waals surface area contributed by atoms with Crippen molar-refractivity contribution in [3.8, 4) is 0 Å². The van der Waals surface area contributed by atoms with Gasteiger partial charge in [-0.2, -0.15) is 0 Å². The Balaban J connectivity index is 1.96. The number of carbonyl (C=O) groups is 1. The fraction of sp³-hybridized carbons (Fsp3) is 0.333. The van der Waals surface area contributed by atoms with E-state index in [1.165, 1.54) is 5.56 Å². The van der Waals surface area contributed by atoms with Crippen LogP contribution in [0.15, 0.2) is 29.3 Å². The van der Waals surface area contributed by atoms with Crippen LogP contribution in [0.2, 0.25) is 0 Å². The normalized spacial score (nSPS) is 17.7. The van der Waals surface area contributed by atoms with Gasteiger partial charge < -0.3 is 5.11 Å². The van der Waals surface area contributed by atoms with Crippen molar-refractivity contribution >= 4 is 12.2 Å². The third-order valence-corrected chi connectivity index (χ3v) is 2.62. The van der Waals surface area contributed by atoms with E-state index >= 15 is 0 Å². The molecule has 0 amide bonds. The third kappa shape index (κ3) is 2.24. The third-order valence-electron chi connectivity index (χ3n) is 2.62. The Morgan fingerprint density at radius 3 is 3.00 bits per heavy atom. The minimum Gasteiger partial charge on any atom is -0.481 e. The summed E-state index contributed by atoms with van der Waals surface area (Å²) in [6, 6.07) is 8.26. The zero-order valence-electron chi connectivity index (χ0n) is 8.39. The Kier molecular flexibility index (Phi) is 2.81. The lowest BCUT2D eigenvalue weighted by atomic mass is 10.00. The summed E-state index contributed by atoms with van der Waals surface area (Å²) in [6.45, 7) is 0. The van der Waals surface area contributed by atoms with E-state index in [0.717, 1.165) is 12.0 Å². The Hall–Kier alpha value is -1.64. The summed E-state index contributed by atoms with van der Waals surface area (Å²) in [7, 11) is 0. The van der Waals surface area contributed by atoms with E-state index < -0.39 is 5.97 Å². The van der Waals surface area contributed by atoms with Crippen LogP contribution in [0.4, 0.5) is 0 Å². The van der Waals surface area contributed by atoms with Crippen molar-refractivity contribution in [1.82, 2.24) is 0 Å². The van der Waals surface area contributed by atoms with Gasteiger partial charge >= 0.3 is 5.97 Å². The predicted molar refractivity (Wildman–Crippen MR) is 58.3 cm³/mol. The van der Waals surface area contributed by atoms with Crippen LogP contribution < -0.4 is 0 Å². The average Bonchev–Trinajstić information content (AvgIpc) is 2.62. The Bertz CT molecular complexity index is 398. The van der Waals surface area contributed by atoms with Crippen molar-refractivity contribution in [3.63, 3.8) is 0 Å². The van der Waals surface area contributed by atoms with Gasteiger partial charge in [0.05, 0.1) is 6.04 Å². The summed E-state index contributed by atoms with van der Waals surface area (Å²) in [6.07, 6.45) is 3.61. The van der Waals surface area contributed by atoms with Crippen LogP contribution in [0, 0.1) is 0 Å². The quantitative estimate of drug-likeness (QED) is 0.816. The van der Waals surface area contributed by atoms with Crippen molar-refractivity contribution in [2.24, 2.45) is 4.99 Å². The van der Waals surface area contributed by atoms with Crippen LogP contribution in [0.25, 0.3) is 0 Å². The number of nitrogens with zero attached hydrogens (tertiary/aromatic N) is 1. The topological polar surface area (TPSA) is 49.7 Å². The molecule has 0 saturated heterocycles. The smallest absolute Gasteiger partial charge is 0.303 e. The molecular formula is C12H13NO2. The summed E-state index contributed by atoms with van der Waals surface area (Å²) in [4.78, 5) is 14.8. The van der Waals surface area contributed by atoms with Gasteiger partial charge in [-0.3, -0.25) is 9.79 Å². The first-order valence-electron chi connectivity index (χ1n) is 5.11. The van der Waals surface area contributed by atoms with Crippen LogP contribution in [0.1, 0.15) is 36.4 Å². The maximum absolute atomic E-state index is 10.4. The SMILES string of the molecule is O=C(O)CCCC1N=Cc2ccccc21. The highest BCUT2D eigenvalue weighted by atomic mass is 16.4. The lowest BCUT2D eigenvalue weighted by Gasteiger charge is -2.08. The molecule has 1 aromatic rings. The second-order valence-corrected chi connectivity index (χ2v) is 3.71. The molecule has 0 bridgehead atoms. The zero-order chi connectivity index (χ0) is 10.7. The monoisotopic (exact) mass is 203 g/mol. The molecule has 0 aromatic heterocycles. The Morgan fingerprint density at radius 1 is 1.40 bits per heavy atom. The summed E-state index contributed by atoms with van der Waals surface area (Å²) in [5.41, 5.74) is 2.39. The Labute approximate surface area is 88.5 Å². The van der Waals surface area contributed by atoms with E-state index in [9.17, 15) is 4.79 Å². The summed E-state index contributed by atoms with van der Waals surface area (Å²) in [5, 5.41) is 8.54.